The first kappa shape index (κ1) is 36.7. The van der Waals surface area contributed by atoms with E-state index in [1.807, 2.05) is 152 Å². The van der Waals surface area contributed by atoms with Gasteiger partial charge in [0.25, 0.3) is 0 Å². The van der Waals surface area contributed by atoms with Gasteiger partial charge in [-0.2, -0.15) is 0 Å². The Hall–Kier alpha value is -4.05. The number of rotatable bonds is 16. The first-order chi connectivity index (χ1) is 25.1. The van der Waals surface area contributed by atoms with Crippen LogP contribution in [0.3, 0.4) is 0 Å². The third-order valence-corrected chi connectivity index (χ3v) is 8.63. The summed E-state index contributed by atoms with van der Waals surface area (Å²) < 4.78 is 39.7. The zero-order valence-corrected chi connectivity index (χ0v) is 29.6. The molecule has 5 aromatic rings. The van der Waals surface area contributed by atoms with E-state index in [0.717, 1.165) is 22.3 Å². The summed E-state index contributed by atoms with van der Waals surface area (Å²) in [5.41, 5.74) is 4.63. The highest BCUT2D eigenvalue weighted by molar-refractivity contribution is 6.53. The van der Waals surface area contributed by atoms with Gasteiger partial charge < -0.3 is 28.4 Å². The number of nitrogens with zero attached hydrogens (tertiary/aromatic N) is 1. The summed E-state index contributed by atoms with van der Waals surface area (Å²) >= 11 is 13.0. The molecule has 0 saturated carbocycles. The Bertz CT molecular complexity index is 1730. The standard InChI is InChI=1S/C42H41Cl2NO6/c43-40(44)41(45-35-24-14-5-15-25-35)51-42-39(49-29-34-22-12-4-13-23-34)38(48-28-33-20-10-3-11-21-33)37(47-27-32-18-8-2-9-19-32)36(50-42)30-46-26-31-16-6-1-7-17-31/h1-25,36-40,42H,26-30H2/t36-,37-,38+,39-,42?/m1/s1. The molecule has 1 unspecified atom stereocenters. The Balaban J connectivity index is 1.35. The van der Waals surface area contributed by atoms with Gasteiger partial charge in [-0.1, -0.05) is 163 Å². The Labute approximate surface area is 309 Å². The molecule has 5 atom stereocenters. The monoisotopic (exact) mass is 725 g/mol. The molecule has 0 spiro atoms. The first-order valence-electron chi connectivity index (χ1n) is 16.9. The van der Waals surface area contributed by atoms with E-state index < -0.39 is 35.5 Å². The summed E-state index contributed by atoms with van der Waals surface area (Å²) in [6.07, 6.45) is -3.78. The van der Waals surface area contributed by atoms with Crippen molar-refractivity contribution in [2.75, 3.05) is 6.61 Å². The second-order valence-corrected chi connectivity index (χ2v) is 13.1. The highest BCUT2D eigenvalue weighted by Gasteiger charge is 2.50. The van der Waals surface area contributed by atoms with E-state index in [2.05, 4.69) is 4.99 Å². The Morgan fingerprint density at radius 3 is 1.41 bits per heavy atom. The molecule has 0 radical (unpaired) electrons. The molecule has 5 aromatic carbocycles. The maximum Gasteiger partial charge on any atom is 0.231 e. The largest absolute Gasteiger partial charge is 0.446 e. The molecule has 6 rings (SSSR count). The minimum atomic E-state index is -1.09. The first-order valence-corrected chi connectivity index (χ1v) is 17.8. The van der Waals surface area contributed by atoms with Crippen LogP contribution in [0, 0.1) is 0 Å². The predicted octanol–water partition coefficient (Wildman–Crippen LogP) is 9.23. The van der Waals surface area contributed by atoms with Gasteiger partial charge in [0, 0.05) is 0 Å². The van der Waals surface area contributed by atoms with Gasteiger partial charge in [0.2, 0.25) is 12.2 Å². The summed E-state index contributed by atoms with van der Waals surface area (Å²) in [6, 6.07) is 49.2. The van der Waals surface area contributed by atoms with Crippen LogP contribution in [0.4, 0.5) is 5.69 Å². The van der Waals surface area contributed by atoms with Crippen LogP contribution in [0.25, 0.3) is 0 Å². The lowest BCUT2D eigenvalue weighted by atomic mass is 9.97. The summed E-state index contributed by atoms with van der Waals surface area (Å²) in [6.45, 7) is 1.44. The van der Waals surface area contributed by atoms with Gasteiger partial charge >= 0.3 is 0 Å². The lowest BCUT2D eigenvalue weighted by molar-refractivity contribution is -0.313. The van der Waals surface area contributed by atoms with Crippen LogP contribution in [0.2, 0.25) is 0 Å². The summed E-state index contributed by atoms with van der Waals surface area (Å²) in [7, 11) is 0. The maximum atomic E-state index is 6.79. The fraction of sp³-hybridized carbons (Fsp3) is 0.262. The maximum absolute atomic E-state index is 6.79. The molecule has 0 aromatic heterocycles. The van der Waals surface area contributed by atoms with Crippen LogP contribution in [-0.2, 0) is 54.8 Å². The highest BCUT2D eigenvalue weighted by atomic mass is 35.5. The average Bonchev–Trinajstić information content (AvgIpc) is 3.18. The van der Waals surface area contributed by atoms with Gasteiger partial charge in [-0.3, -0.25) is 0 Å². The van der Waals surface area contributed by atoms with Crippen molar-refractivity contribution in [1.29, 1.82) is 0 Å². The number of aliphatic imine (C=N–C) groups is 1. The second kappa shape index (κ2) is 19.5. The van der Waals surface area contributed by atoms with E-state index >= 15 is 0 Å². The third-order valence-electron chi connectivity index (χ3n) is 8.26. The summed E-state index contributed by atoms with van der Waals surface area (Å²) in [4.78, 5) is 3.55. The molecular formula is C42H41Cl2NO6. The van der Waals surface area contributed by atoms with Crippen molar-refractivity contribution in [2.24, 2.45) is 4.99 Å². The van der Waals surface area contributed by atoms with Gasteiger partial charge in [-0.15, -0.1) is 0 Å². The van der Waals surface area contributed by atoms with Crippen LogP contribution in [0.1, 0.15) is 22.3 Å². The van der Waals surface area contributed by atoms with Gasteiger partial charge in [0.05, 0.1) is 38.7 Å². The van der Waals surface area contributed by atoms with Gasteiger partial charge in [-0.25, -0.2) is 4.99 Å². The number of para-hydroxylation sites is 1. The van der Waals surface area contributed by atoms with Crippen molar-refractivity contribution in [3.63, 3.8) is 0 Å². The van der Waals surface area contributed by atoms with Crippen LogP contribution in [0.5, 0.6) is 0 Å². The van der Waals surface area contributed by atoms with Crippen molar-refractivity contribution in [3.05, 3.63) is 174 Å². The third kappa shape index (κ3) is 11.2. The quantitative estimate of drug-likeness (QED) is 0.0574. The molecule has 51 heavy (non-hydrogen) atoms. The summed E-state index contributed by atoms with van der Waals surface area (Å²) in [5, 5.41) is 0. The van der Waals surface area contributed by atoms with E-state index in [1.165, 1.54) is 0 Å². The molecule has 0 aliphatic carbocycles. The second-order valence-electron chi connectivity index (χ2n) is 12.0. The molecule has 1 fully saturated rings. The Morgan fingerprint density at radius 1 is 0.529 bits per heavy atom. The molecular weight excluding hydrogens is 685 g/mol. The normalized spacial score (nSPS) is 20.7. The molecule has 1 aliphatic rings. The van der Waals surface area contributed by atoms with Crippen LogP contribution in [-0.4, -0.2) is 48.0 Å². The van der Waals surface area contributed by atoms with Crippen molar-refractivity contribution >= 4 is 34.8 Å². The lowest BCUT2D eigenvalue weighted by Gasteiger charge is -2.45. The number of benzene rings is 5. The molecule has 1 heterocycles. The Morgan fingerprint density at radius 2 is 0.941 bits per heavy atom. The number of ether oxygens (including phenoxy) is 6. The molecule has 0 bridgehead atoms. The SMILES string of the molecule is ClC(Cl)C(=Nc1ccccc1)OC1O[C@H](COCc2ccccc2)[C@@H](OCc2ccccc2)[C@H](OCc2ccccc2)[C@H]1OCc1ccccc1. The summed E-state index contributed by atoms with van der Waals surface area (Å²) in [5.74, 6) is 0.0669. The topological polar surface area (TPSA) is 67.7 Å². The van der Waals surface area contributed by atoms with Crippen molar-refractivity contribution in [1.82, 2.24) is 0 Å². The lowest BCUT2D eigenvalue weighted by Crippen LogP contribution is -2.62. The van der Waals surface area contributed by atoms with Crippen molar-refractivity contribution < 1.29 is 28.4 Å². The molecule has 7 nitrogen and oxygen atoms in total. The molecule has 1 saturated heterocycles. The van der Waals surface area contributed by atoms with Crippen LogP contribution < -0.4 is 0 Å². The van der Waals surface area contributed by atoms with Gasteiger partial charge in [-0.05, 0) is 34.4 Å². The van der Waals surface area contributed by atoms with Gasteiger partial charge in [0.1, 0.15) is 24.4 Å². The number of alkyl halides is 2. The Kier molecular flexibility index (Phi) is 14.1. The minimum absolute atomic E-state index is 0.0669. The zero-order chi connectivity index (χ0) is 35.1. The predicted molar refractivity (Wildman–Crippen MR) is 200 cm³/mol. The average molecular weight is 727 g/mol. The number of hydrogen-bond acceptors (Lipinski definition) is 7. The molecule has 9 heteroatoms. The molecule has 0 N–H and O–H groups in total. The smallest absolute Gasteiger partial charge is 0.231 e. The molecule has 0 amide bonds. The van der Waals surface area contributed by atoms with Crippen molar-refractivity contribution in [2.45, 2.75) is 62.0 Å². The van der Waals surface area contributed by atoms with Crippen LogP contribution >= 0.6 is 23.2 Å². The molecule has 1 aliphatic heterocycles. The van der Waals surface area contributed by atoms with Crippen LogP contribution in [0.15, 0.2) is 157 Å². The number of hydrogen-bond donors (Lipinski definition) is 0. The fourth-order valence-electron chi connectivity index (χ4n) is 5.72. The fourth-order valence-corrected chi connectivity index (χ4v) is 5.92. The van der Waals surface area contributed by atoms with Crippen molar-refractivity contribution in [3.8, 4) is 0 Å². The molecule has 264 valence electrons. The van der Waals surface area contributed by atoms with E-state index in [1.54, 1.807) is 0 Å². The highest BCUT2D eigenvalue weighted by Crippen LogP contribution is 2.33. The minimum Gasteiger partial charge on any atom is -0.446 e. The van der Waals surface area contributed by atoms with E-state index in [4.69, 9.17) is 51.6 Å². The van der Waals surface area contributed by atoms with E-state index in [-0.39, 0.29) is 19.1 Å². The zero-order valence-electron chi connectivity index (χ0n) is 28.1. The number of halogens is 2. The van der Waals surface area contributed by atoms with E-state index in [0.29, 0.717) is 25.5 Å². The van der Waals surface area contributed by atoms with Gasteiger partial charge in [0.15, 0.2) is 4.84 Å². The van der Waals surface area contributed by atoms with E-state index in [9.17, 15) is 0 Å².